The van der Waals surface area contributed by atoms with Crippen molar-refractivity contribution in [3.8, 4) is 22.6 Å². The zero-order valence-corrected chi connectivity index (χ0v) is 18.6. The number of likely N-dealkylation sites (N-methyl/N-ethyl adjacent to an activating group) is 1. The van der Waals surface area contributed by atoms with Crippen LogP contribution in [0.1, 0.15) is 6.92 Å². The first-order valence-electron chi connectivity index (χ1n) is 11.1. The average molecular weight is 447 g/mol. The molecule has 0 spiro atoms. The molecule has 2 amide bonds. The van der Waals surface area contributed by atoms with Crippen LogP contribution >= 0.6 is 0 Å². The number of rotatable bonds is 8. The second-order valence-electron chi connectivity index (χ2n) is 7.82. The lowest BCUT2D eigenvalue weighted by atomic mass is 10.0. The minimum absolute atomic E-state index is 0.137. The molecule has 33 heavy (non-hydrogen) atoms. The number of benzene rings is 3. The quantitative estimate of drug-likeness (QED) is 0.497. The van der Waals surface area contributed by atoms with Gasteiger partial charge in [0.25, 0.3) is 11.8 Å². The Morgan fingerprint density at radius 2 is 1.48 bits per heavy atom. The third-order valence-electron chi connectivity index (χ3n) is 5.43. The van der Waals surface area contributed by atoms with Gasteiger partial charge < -0.3 is 25.0 Å². The van der Waals surface area contributed by atoms with Crippen molar-refractivity contribution in [2.45, 2.75) is 6.92 Å². The molecular formula is C26H28N3O4+. The topological polar surface area (TPSA) is 81.1 Å². The molecule has 1 unspecified atom stereocenters. The predicted molar refractivity (Wildman–Crippen MR) is 128 cm³/mol. The second kappa shape index (κ2) is 10.7. The molecule has 0 fully saturated rings. The Morgan fingerprint density at radius 3 is 2.24 bits per heavy atom. The Balaban J connectivity index is 1.35. The van der Waals surface area contributed by atoms with Gasteiger partial charge in [0.15, 0.2) is 24.6 Å². The van der Waals surface area contributed by atoms with Crippen molar-refractivity contribution in [2.75, 3.05) is 43.5 Å². The van der Waals surface area contributed by atoms with Gasteiger partial charge in [0.05, 0.1) is 6.54 Å². The largest absolute Gasteiger partial charge is 0.486 e. The number of hydrogen-bond acceptors (Lipinski definition) is 4. The van der Waals surface area contributed by atoms with Gasteiger partial charge in [-0.25, -0.2) is 0 Å². The number of hydrogen-bond donors (Lipinski definition) is 3. The van der Waals surface area contributed by atoms with Crippen molar-refractivity contribution in [2.24, 2.45) is 0 Å². The van der Waals surface area contributed by atoms with Crippen LogP contribution in [0.15, 0.2) is 72.8 Å². The summed E-state index contributed by atoms with van der Waals surface area (Å²) in [5.74, 6) is 0.992. The summed E-state index contributed by atoms with van der Waals surface area (Å²) in [7, 11) is 0. The van der Waals surface area contributed by atoms with E-state index in [-0.39, 0.29) is 24.9 Å². The molecule has 7 heteroatoms. The number of carbonyl (C=O) groups is 2. The average Bonchev–Trinajstić information content (AvgIpc) is 2.84. The number of para-hydroxylation sites is 1. The molecular weight excluding hydrogens is 418 g/mol. The summed E-state index contributed by atoms with van der Waals surface area (Å²) in [6.45, 7) is 3.97. The second-order valence-corrected chi connectivity index (χ2v) is 7.82. The van der Waals surface area contributed by atoms with Crippen molar-refractivity contribution in [3.63, 3.8) is 0 Å². The highest BCUT2D eigenvalue weighted by Gasteiger charge is 2.19. The number of amides is 2. The Hall–Kier alpha value is -3.84. The first-order chi connectivity index (χ1) is 16.1. The number of ether oxygens (including phenoxy) is 2. The van der Waals surface area contributed by atoms with E-state index in [9.17, 15) is 9.59 Å². The van der Waals surface area contributed by atoms with Crippen LogP contribution in [-0.2, 0) is 9.59 Å². The van der Waals surface area contributed by atoms with E-state index in [1.807, 2.05) is 61.5 Å². The van der Waals surface area contributed by atoms with E-state index in [1.165, 1.54) is 0 Å². The zero-order valence-electron chi connectivity index (χ0n) is 18.6. The number of quaternary nitrogens is 1. The molecule has 1 atom stereocenters. The standard InChI is InChI=1S/C26H27N3O4/c1-2-29(17-25(30)27-20-12-13-23-24(16-20)33-15-14-32-23)18-26(31)28-22-11-7-6-10-21(22)19-8-4-3-5-9-19/h3-13,16H,2,14-15,17-18H2,1H3,(H,27,30)(H,28,31)/p+1. The lowest BCUT2D eigenvalue weighted by Crippen LogP contribution is -3.13. The van der Waals surface area contributed by atoms with Gasteiger partial charge in [0.2, 0.25) is 0 Å². The molecule has 3 aromatic carbocycles. The van der Waals surface area contributed by atoms with Gasteiger partial charge in [-0.15, -0.1) is 0 Å². The molecule has 0 aliphatic carbocycles. The van der Waals surface area contributed by atoms with Crippen LogP contribution < -0.4 is 25.0 Å². The van der Waals surface area contributed by atoms with E-state index in [4.69, 9.17) is 9.47 Å². The fourth-order valence-electron chi connectivity index (χ4n) is 3.75. The van der Waals surface area contributed by atoms with Crippen molar-refractivity contribution in [1.29, 1.82) is 0 Å². The van der Waals surface area contributed by atoms with Crippen molar-refractivity contribution in [3.05, 3.63) is 72.8 Å². The van der Waals surface area contributed by atoms with E-state index in [0.717, 1.165) is 21.7 Å². The molecule has 0 radical (unpaired) electrons. The van der Waals surface area contributed by atoms with Crippen LogP contribution in [-0.4, -0.2) is 44.7 Å². The van der Waals surface area contributed by atoms with Crippen LogP contribution in [0.2, 0.25) is 0 Å². The molecule has 3 N–H and O–H groups in total. The minimum atomic E-state index is -0.166. The van der Waals surface area contributed by atoms with E-state index < -0.39 is 0 Å². The molecule has 170 valence electrons. The van der Waals surface area contributed by atoms with Gasteiger partial charge in [-0.05, 0) is 30.7 Å². The van der Waals surface area contributed by atoms with E-state index in [0.29, 0.717) is 36.9 Å². The number of fused-ring (bicyclic) bond motifs is 1. The molecule has 0 bridgehead atoms. The lowest BCUT2D eigenvalue weighted by molar-refractivity contribution is -0.881. The summed E-state index contributed by atoms with van der Waals surface area (Å²) in [6, 6.07) is 23.0. The highest BCUT2D eigenvalue weighted by molar-refractivity contribution is 5.96. The van der Waals surface area contributed by atoms with Crippen LogP contribution in [0.5, 0.6) is 11.5 Å². The Labute approximate surface area is 193 Å². The van der Waals surface area contributed by atoms with Crippen LogP contribution in [0.3, 0.4) is 0 Å². The van der Waals surface area contributed by atoms with E-state index in [1.54, 1.807) is 18.2 Å². The molecule has 7 nitrogen and oxygen atoms in total. The summed E-state index contributed by atoms with van der Waals surface area (Å²) < 4.78 is 11.1. The fourth-order valence-corrected chi connectivity index (χ4v) is 3.75. The third kappa shape index (κ3) is 5.90. The lowest BCUT2D eigenvalue weighted by Gasteiger charge is -2.20. The summed E-state index contributed by atoms with van der Waals surface area (Å²) in [6.07, 6.45) is 0. The first kappa shape index (κ1) is 22.4. The number of carbonyl (C=O) groups excluding carboxylic acids is 2. The van der Waals surface area contributed by atoms with E-state index in [2.05, 4.69) is 10.6 Å². The molecule has 0 saturated carbocycles. The summed E-state index contributed by atoms with van der Waals surface area (Å²) in [5.41, 5.74) is 3.39. The molecule has 4 rings (SSSR count). The first-order valence-corrected chi connectivity index (χ1v) is 11.1. The number of anilines is 2. The molecule has 1 aliphatic heterocycles. The maximum atomic E-state index is 12.8. The molecule has 1 aliphatic rings. The fraction of sp³-hybridized carbons (Fsp3) is 0.231. The van der Waals surface area contributed by atoms with Crippen molar-refractivity contribution >= 4 is 23.2 Å². The van der Waals surface area contributed by atoms with Gasteiger partial charge in [-0.3, -0.25) is 9.59 Å². The Bertz CT molecular complexity index is 1120. The summed E-state index contributed by atoms with van der Waals surface area (Å²) in [5, 5.41) is 5.89. The monoisotopic (exact) mass is 446 g/mol. The normalized spacial score (nSPS) is 13.1. The SMILES string of the molecule is CC[NH+](CC(=O)Nc1ccc2c(c1)OCCO2)CC(=O)Nc1ccccc1-c1ccccc1. The van der Waals surface area contributed by atoms with Gasteiger partial charge in [0.1, 0.15) is 13.2 Å². The Morgan fingerprint density at radius 1 is 0.818 bits per heavy atom. The van der Waals surface area contributed by atoms with Gasteiger partial charge in [-0.1, -0.05) is 48.5 Å². The molecule has 0 saturated heterocycles. The predicted octanol–water partition coefficient (Wildman–Crippen LogP) is 2.61. The Kier molecular flexibility index (Phi) is 7.22. The van der Waals surface area contributed by atoms with Crippen molar-refractivity contribution < 1.29 is 24.0 Å². The highest BCUT2D eigenvalue weighted by Crippen LogP contribution is 2.32. The van der Waals surface area contributed by atoms with Gasteiger partial charge in [-0.2, -0.15) is 0 Å². The number of nitrogens with one attached hydrogen (secondary N) is 3. The van der Waals surface area contributed by atoms with Crippen LogP contribution in [0, 0.1) is 0 Å². The minimum Gasteiger partial charge on any atom is -0.486 e. The summed E-state index contributed by atoms with van der Waals surface area (Å²) in [4.78, 5) is 26.2. The third-order valence-corrected chi connectivity index (χ3v) is 5.43. The van der Waals surface area contributed by atoms with Crippen LogP contribution in [0.4, 0.5) is 11.4 Å². The molecule has 0 aromatic heterocycles. The zero-order chi connectivity index (χ0) is 23.0. The van der Waals surface area contributed by atoms with Gasteiger partial charge in [0, 0.05) is 23.0 Å². The summed E-state index contributed by atoms with van der Waals surface area (Å²) >= 11 is 0. The van der Waals surface area contributed by atoms with Crippen molar-refractivity contribution in [1.82, 2.24) is 0 Å². The van der Waals surface area contributed by atoms with Gasteiger partial charge >= 0.3 is 0 Å². The molecule has 3 aromatic rings. The highest BCUT2D eigenvalue weighted by atomic mass is 16.6. The molecule has 1 heterocycles. The van der Waals surface area contributed by atoms with E-state index >= 15 is 0 Å². The maximum absolute atomic E-state index is 12.8. The maximum Gasteiger partial charge on any atom is 0.279 e. The smallest absolute Gasteiger partial charge is 0.279 e. The van der Waals surface area contributed by atoms with Crippen LogP contribution in [0.25, 0.3) is 11.1 Å².